The van der Waals surface area contributed by atoms with E-state index in [2.05, 4.69) is 10.2 Å². The van der Waals surface area contributed by atoms with Crippen molar-refractivity contribution < 1.29 is 14.3 Å². The number of benzene rings is 2. The lowest BCUT2D eigenvalue weighted by Crippen LogP contribution is -2.50. The molecule has 2 amide bonds. The fraction of sp³-hybridized carbons (Fsp3) is 0.481. The molecule has 1 unspecified atom stereocenters. The van der Waals surface area contributed by atoms with Crippen LogP contribution >= 0.6 is 0 Å². The molecular weight excluding hydrogens is 414 g/mol. The summed E-state index contributed by atoms with van der Waals surface area (Å²) in [5.74, 6) is 1.54. The van der Waals surface area contributed by atoms with E-state index in [1.54, 1.807) is 0 Å². The van der Waals surface area contributed by atoms with E-state index in [4.69, 9.17) is 4.74 Å². The van der Waals surface area contributed by atoms with Gasteiger partial charge in [-0.2, -0.15) is 0 Å². The van der Waals surface area contributed by atoms with Crippen molar-refractivity contribution in [1.29, 1.82) is 0 Å². The predicted molar refractivity (Wildman–Crippen MR) is 129 cm³/mol. The Morgan fingerprint density at radius 3 is 2.45 bits per heavy atom. The summed E-state index contributed by atoms with van der Waals surface area (Å²) in [6.45, 7) is 6.40. The fourth-order valence-corrected chi connectivity index (χ4v) is 4.82. The number of hydrogen-bond acceptors (Lipinski definition) is 4. The number of likely N-dealkylation sites (tertiary alicyclic amines) is 2. The van der Waals surface area contributed by atoms with Crippen molar-refractivity contribution in [3.8, 4) is 5.75 Å². The fourth-order valence-electron chi connectivity index (χ4n) is 4.82. The van der Waals surface area contributed by atoms with Crippen LogP contribution in [0.2, 0.25) is 0 Å². The van der Waals surface area contributed by atoms with Crippen LogP contribution in [0.4, 0.5) is 0 Å². The van der Waals surface area contributed by atoms with Gasteiger partial charge in [0.15, 0.2) is 0 Å². The quantitative estimate of drug-likeness (QED) is 0.703. The van der Waals surface area contributed by atoms with Gasteiger partial charge in [0.05, 0.1) is 13.2 Å². The molecule has 0 radical (unpaired) electrons. The van der Waals surface area contributed by atoms with Crippen LogP contribution in [0.15, 0.2) is 54.6 Å². The first-order chi connectivity index (χ1) is 16.1. The molecule has 0 spiro atoms. The van der Waals surface area contributed by atoms with Crippen molar-refractivity contribution in [1.82, 2.24) is 15.1 Å². The topological polar surface area (TPSA) is 61.9 Å². The summed E-state index contributed by atoms with van der Waals surface area (Å²) in [7, 11) is 0. The number of nitrogens with one attached hydrogen (secondary N) is 1. The Kier molecular flexibility index (Phi) is 8.00. The number of ether oxygens (including phenoxy) is 1. The lowest BCUT2D eigenvalue weighted by atomic mass is 9.98. The molecular formula is C27H35N3O3. The van der Waals surface area contributed by atoms with Crippen molar-refractivity contribution in [2.45, 2.75) is 38.6 Å². The molecule has 2 aromatic rings. The number of hydrogen-bond donors (Lipinski definition) is 1. The number of amides is 2. The van der Waals surface area contributed by atoms with Crippen LogP contribution < -0.4 is 10.1 Å². The molecule has 33 heavy (non-hydrogen) atoms. The average Bonchev–Trinajstić information content (AvgIpc) is 2.84. The molecule has 2 heterocycles. The van der Waals surface area contributed by atoms with Crippen molar-refractivity contribution in [3.63, 3.8) is 0 Å². The van der Waals surface area contributed by atoms with Gasteiger partial charge in [-0.1, -0.05) is 36.4 Å². The standard InChI is InChI=1S/C27H35N3O3/c1-21-8-5-6-12-25(21)27(32)28-23-13-16-30(17-14-23)26(31)19-29-15-7-9-22(18-29)20-33-24-10-3-2-4-11-24/h2-6,8,10-12,22-23H,7,9,13-20H2,1H3,(H,28,32). The molecule has 6 nitrogen and oxygen atoms in total. The number of aryl methyl sites for hydroxylation is 1. The monoisotopic (exact) mass is 449 g/mol. The maximum absolute atomic E-state index is 12.9. The third-order valence-electron chi connectivity index (χ3n) is 6.76. The minimum atomic E-state index is -0.0186. The Balaban J connectivity index is 1.19. The molecule has 1 N–H and O–H groups in total. The Labute approximate surface area is 196 Å². The maximum Gasteiger partial charge on any atom is 0.251 e. The lowest BCUT2D eigenvalue weighted by Gasteiger charge is -2.36. The van der Waals surface area contributed by atoms with Gasteiger partial charge in [-0.25, -0.2) is 0 Å². The zero-order valence-corrected chi connectivity index (χ0v) is 19.5. The first kappa shape index (κ1) is 23.3. The normalized spacial score (nSPS) is 19.8. The zero-order valence-electron chi connectivity index (χ0n) is 19.5. The molecule has 2 saturated heterocycles. The Hall–Kier alpha value is -2.86. The smallest absolute Gasteiger partial charge is 0.251 e. The number of rotatable bonds is 7. The number of nitrogens with zero attached hydrogens (tertiary/aromatic N) is 2. The molecule has 4 rings (SSSR count). The van der Waals surface area contributed by atoms with E-state index in [0.29, 0.717) is 32.2 Å². The highest BCUT2D eigenvalue weighted by atomic mass is 16.5. The number of para-hydroxylation sites is 1. The van der Waals surface area contributed by atoms with Crippen LogP contribution in [-0.4, -0.2) is 67.0 Å². The van der Waals surface area contributed by atoms with E-state index in [1.807, 2.05) is 66.4 Å². The van der Waals surface area contributed by atoms with Crippen LogP contribution in [0.25, 0.3) is 0 Å². The van der Waals surface area contributed by atoms with E-state index in [-0.39, 0.29) is 17.9 Å². The van der Waals surface area contributed by atoms with Gasteiger partial charge in [0.25, 0.3) is 5.91 Å². The first-order valence-corrected chi connectivity index (χ1v) is 12.1. The predicted octanol–water partition coefficient (Wildman–Crippen LogP) is 3.51. The minimum Gasteiger partial charge on any atom is -0.493 e. The molecule has 2 aliphatic heterocycles. The molecule has 0 aromatic heterocycles. The number of carbonyl (C=O) groups is 2. The largest absolute Gasteiger partial charge is 0.493 e. The molecule has 2 aliphatic rings. The second-order valence-corrected chi connectivity index (χ2v) is 9.31. The van der Waals surface area contributed by atoms with E-state index in [0.717, 1.165) is 55.6 Å². The van der Waals surface area contributed by atoms with E-state index < -0.39 is 0 Å². The molecule has 176 valence electrons. The van der Waals surface area contributed by atoms with Crippen molar-refractivity contribution >= 4 is 11.8 Å². The van der Waals surface area contributed by atoms with Crippen LogP contribution in [0.1, 0.15) is 41.6 Å². The second kappa shape index (κ2) is 11.3. The summed E-state index contributed by atoms with van der Waals surface area (Å²) in [5.41, 5.74) is 1.71. The number of piperidine rings is 2. The highest BCUT2D eigenvalue weighted by molar-refractivity contribution is 5.95. The second-order valence-electron chi connectivity index (χ2n) is 9.31. The highest BCUT2D eigenvalue weighted by Gasteiger charge is 2.27. The molecule has 0 aliphatic carbocycles. The van der Waals surface area contributed by atoms with Gasteiger partial charge >= 0.3 is 0 Å². The van der Waals surface area contributed by atoms with Crippen LogP contribution in [0, 0.1) is 12.8 Å². The molecule has 2 fully saturated rings. The molecule has 0 saturated carbocycles. The minimum absolute atomic E-state index is 0.0186. The summed E-state index contributed by atoms with van der Waals surface area (Å²) in [6.07, 6.45) is 3.85. The molecule has 1 atom stereocenters. The average molecular weight is 450 g/mol. The van der Waals surface area contributed by atoms with Gasteiger partial charge in [-0.05, 0) is 62.9 Å². The highest BCUT2D eigenvalue weighted by Crippen LogP contribution is 2.20. The maximum atomic E-state index is 12.9. The molecule has 6 heteroatoms. The van der Waals surface area contributed by atoms with E-state index in [1.165, 1.54) is 0 Å². The molecule has 0 bridgehead atoms. The zero-order chi connectivity index (χ0) is 23.0. The van der Waals surface area contributed by atoms with Gasteiger partial charge in [0.2, 0.25) is 5.91 Å². The Bertz CT molecular complexity index is 925. The van der Waals surface area contributed by atoms with Gasteiger partial charge in [-0.15, -0.1) is 0 Å². The van der Waals surface area contributed by atoms with Crippen LogP contribution in [0.5, 0.6) is 5.75 Å². The van der Waals surface area contributed by atoms with Gasteiger partial charge < -0.3 is 15.0 Å². The summed E-state index contributed by atoms with van der Waals surface area (Å²) in [5, 5.41) is 3.15. The SMILES string of the molecule is Cc1ccccc1C(=O)NC1CCN(C(=O)CN2CCCC(COc3ccccc3)C2)CC1. The summed E-state index contributed by atoms with van der Waals surface area (Å²) in [4.78, 5) is 29.7. The summed E-state index contributed by atoms with van der Waals surface area (Å²) >= 11 is 0. The van der Waals surface area contributed by atoms with Gasteiger partial charge in [0.1, 0.15) is 5.75 Å². The third kappa shape index (κ3) is 6.57. The van der Waals surface area contributed by atoms with Crippen LogP contribution in [-0.2, 0) is 4.79 Å². The van der Waals surface area contributed by atoms with Gasteiger partial charge in [0, 0.05) is 37.2 Å². The lowest BCUT2D eigenvalue weighted by molar-refractivity contribution is -0.134. The molecule has 2 aromatic carbocycles. The Morgan fingerprint density at radius 1 is 0.970 bits per heavy atom. The van der Waals surface area contributed by atoms with Crippen molar-refractivity contribution in [3.05, 3.63) is 65.7 Å². The van der Waals surface area contributed by atoms with Crippen molar-refractivity contribution in [2.24, 2.45) is 5.92 Å². The van der Waals surface area contributed by atoms with Crippen molar-refractivity contribution in [2.75, 3.05) is 39.3 Å². The number of carbonyl (C=O) groups excluding carboxylic acids is 2. The van der Waals surface area contributed by atoms with Gasteiger partial charge in [-0.3, -0.25) is 14.5 Å². The van der Waals surface area contributed by atoms with E-state index in [9.17, 15) is 9.59 Å². The first-order valence-electron chi connectivity index (χ1n) is 12.1. The Morgan fingerprint density at radius 2 is 1.70 bits per heavy atom. The summed E-state index contributed by atoms with van der Waals surface area (Å²) in [6, 6.07) is 17.7. The third-order valence-corrected chi connectivity index (χ3v) is 6.76. The van der Waals surface area contributed by atoms with E-state index >= 15 is 0 Å². The van der Waals surface area contributed by atoms with Crippen LogP contribution in [0.3, 0.4) is 0 Å². The summed E-state index contributed by atoms with van der Waals surface area (Å²) < 4.78 is 5.94.